The van der Waals surface area contributed by atoms with Gasteiger partial charge in [-0.2, -0.15) is 0 Å². The first kappa shape index (κ1) is 11.2. The first-order chi connectivity index (χ1) is 7.24. The summed E-state index contributed by atoms with van der Waals surface area (Å²) in [5.74, 6) is -0.0586. The number of hydrogen-bond donors (Lipinski definition) is 2. The Kier molecular flexibility index (Phi) is 4.28. The van der Waals surface area contributed by atoms with Crippen molar-refractivity contribution in [1.29, 1.82) is 5.41 Å². The molecule has 0 aliphatic rings. The highest BCUT2D eigenvalue weighted by Crippen LogP contribution is 1.93. The largest absolute Gasteiger partial charge is 0.449 e. The molecule has 1 aromatic heterocycles. The van der Waals surface area contributed by atoms with Gasteiger partial charge in [-0.1, -0.05) is 13.0 Å². The number of amides is 1. The molecule has 0 radical (unpaired) electrons. The summed E-state index contributed by atoms with van der Waals surface area (Å²) in [6.07, 6.45) is 1.69. The second kappa shape index (κ2) is 5.74. The van der Waals surface area contributed by atoms with Gasteiger partial charge in [0.05, 0.1) is 6.61 Å². The van der Waals surface area contributed by atoms with E-state index < -0.39 is 6.09 Å². The maximum Gasteiger partial charge on any atom is 0.412 e. The normalized spacial score (nSPS) is 9.40. The Labute approximate surface area is 88.0 Å². The zero-order valence-electron chi connectivity index (χ0n) is 8.49. The van der Waals surface area contributed by atoms with E-state index in [4.69, 9.17) is 10.1 Å². The zero-order valence-corrected chi connectivity index (χ0v) is 8.49. The summed E-state index contributed by atoms with van der Waals surface area (Å²) in [5, 5.41) is 9.81. The minimum Gasteiger partial charge on any atom is -0.449 e. The number of pyridine rings is 1. The Bertz CT molecular complexity index is 338. The predicted octanol–water partition coefficient (Wildman–Crippen LogP) is 1.54. The summed E-state index contributed by atoms with van der Waals surface area (Å²) < 4.78 is 4.76. The number of nitrogens with one attached hydrogen (secondary N) is 2. The van der Waals surface area contributed by atoms with Crippen LogP contribution in [0.1, 0.15) is 19.0 Å². The lowest BCUT2D eigenvalue weighted by Crippen LogP contribution is -2.31. The van der Waals surface area contributed by atoms with Gasteiger partial charge < -0.3 is 4.74 Å². The van der Waals surface area contributed by atoms with Crippen LogP contribution in [0.2, 0.25) is 0 Å². The molecule has 0 aliphatic heterocycles. The van der Waals surface area contributed by atoms with Gasteiger partial charge in [0.2, 0.25) is 0 Å². The molecule has 2 N–H and O–H groups in total. The Balaban J connectivity index is 2.46. The van der Waals surface area contributed by atoms with Crippen molar-refractivity contribution in [2.75, 3.05) is 6.61 Å². The van der Waals surface area contributed by atoms with E-state index in [0.29, 0.717) is 12.3 Å². The molecule has 0 spiro atoms. The van der Waals surface area contributed by atoms with Gasteiger partial charge in [-0.3, -0.25) is 15.7 Å². The highest BCUT2D eigenvalue weighted by molar-refractivity contribution is 6.03. The summed E-state index contributed by atoms with van der Waals surface area (Å²) in [6, 6.07) is 5.13. The zero-order chi connectivity index (χ0) is 11.1. The van der Waals surface area contributed by atoms with Gasteiger partial charge in [0, 0.05) is 6.20 Å². The molecule has 80 valence electrons. The average molecular weight is 207 g/mol. The molecule has 0 fully saturated rings. The Morgan fingerprint density at radius 1 is 1.60 bits per heavy atom. The molecule has 1 heterocycles. The van der Waals surface area contributed by atoms with E-state index in [1.807, 2.05) is 6.92 Å². The predicted molar refractivity (Wildman–Crippen MR) is 55.8 cm³/mol. The number of rotatable bonds is 3. The summed E-state index contributed by atoms with van der Waals surface area (Å²) in [4.78, 5) is 15.0. The summed E-state index contributed by atoms with van der Waals surface area (Å²) in [7, 11) is 0. The van der Waals surface area contributed by atoms with Crippen LogP contribution in [0.3, 0.4) is 0 Å². The van der Waals surface area contributed by atoms with Crippen molar-refractivity contribution in [3.8, 4) is 0 Å². The third-order valence-electron chi connectivity index (χ3n) is 1.59. The third kappa shape index (κ3) is 3.76. The van der Waals surface area contributed by atoms with E-state index in [1.54, 1.807) is 24.4 Å². The SMILES string of the molecule is CCCOC(=O)NC(=N)c1ccccn1. The molecule has 5 heteroatoms. The maximum absolute atomic E-state index is 11.1. The van der Waals surface area contributed by atoms with Crippen LogP contribution in [0.15, 0.2) is 24.4 Å². The molecule has 5 nitrogen and oxygen atoms in total. The van der Waals surface area contributed by atoms with Gasteiger partial charge in [0.15, 0.2) is 5.84 Å². The molecule has 0 atom stereocenters. The quantitative estimate of drug-likeness (QED) is 0.583. The fourth-order valence-electron chi connectivity index (χ4n) is 0.908. The van der Waals surface area contributed by atoms with Crippen LogP contribution in [-0.4, -0.2) is 23.5 Å². The second-order valence-corrected chi connectivity index (χ2v) is 2.85. The molecule has 0 unspecified atom stereocenters. The number of carbonyl (C=O) groups is 1. The number of nitrogens with zero attached hydrogens (tertiary/aromatic N) is 1. The highest BCUT2D eigenvalue weighted by Gasteiger charge is 2.07. The van der Waals surface area contributed by atoms with Crippen molar-refractivity contribution in [2.45, 2.75) is 13.3 Å². The molecular weight excluding hydrogens is 194 g/mol. The fraction of sp³-hybridized carbons (Fsp3) is 0.300. The van der Waals surface area contributed by atoms with Crippen LogP contribution < -0.4 is 5.32 Å². The first-order valence-electron chi connectivity index (χ1n) is 4.67. The lowest BCUT2D eigenvalue weighted by molar-refractivity contribution is 0.151. The van der Waals surface area contributed by atoms with Crippen LogP contribution in [0, 0.1) is 5.41 Å². The van der Waals surface area contributed by atoms with Crippen molar-refractivity contribution in [1.82, 2.24) is 10.3 Å². The summed E-state index contributed by atoms with van der Waals surface area (Å²) >= 11 is 0. The smallest absolute Gasteiger partial charge is 0.412 e. The molecule has 0 bridgehead atoms. The molecular formula is C10H13N3O2. The Morgan fingerprint density at radius 2 is 2.40 bits per heavy atom. The third-order valence-corrected chi connectivity index (χ3v) is 1.59. The van der Waals surface area contributed by atoms with Crippen molar-refractivity contribution in [3.05, 3.63) is 30.1 Å². The second-order valence-electron chi connectivity index (χ2n) is 2.85. The van der Waals surface area contributed by atoms with Gasteiger partial charge in [-0.15, -0.1) is 0 Å². The van der Waals surface area contributed by atoms with Crippen molar-refractivity contribution in [3.63, 3.8) is 0 Å². The van der Waals surface area contributed by atoms with E-state index in [0.717, 1.165) is 6.42 Å². The highest BCUT2D eigenvalue weighted by atomic mass is 16.5. The van der Waals surface area contributed by atoms with Gasteiger partial charge in [-0.05, 0) is 18.6 Å². The fourth-order valence-corrected chi connectivity index (χ4v) is 0.908. The van der Waals surface area contributed by atoms with E-state index in [1.165, 1.54) is 0 Å². The summed E-state index contributed by atoms with van der Waals surface area (Å²) in [5.41, 5.74) is 0.408. The Morgan fingerprint density at radius 3 is 3.00 bits per heavy atom. The Hall–Kier alpha value is -1.91. The molecule has 15 heavy (non-hydrogen) atoms. The van der Waals surface area contributed by atoms with E-state index in [2.05, 4.69) is 10.3 Å². The van der Waals surface area contributed by atoms with Crippen LogP contribution >= 0.6 is 0 Å². The van der Waals surface area contributed by atoms with Gasteiger partial charge in [-0.25, -0.2) is 4.79 Å². The van der Waals surface area contributed by atoms with Gasteiger partial charge >= 0.3 is 6.09 Å². The van der Waals surface area contributed by atoms with Crippen LogP contribution in [0.25, 0.3) is 0 Å². The average Bonchev–Trinajstić information content (AvgIpc) is 2.27. The van der Waals surface area contributed by atoms with E-state index in [9.17, 15) is 4.79 Å². The van der Waals surface area contributed by atoms with E-state index in [-0.39, 0.29) is 5.84 Å². The summed E-state index contributed by atoms with van der Waals surface area (Å²) in [6.45, 7) is 2.25. The van der Waals surface area contributed by atoms with E-state index >= 15 is 0 Å². The monoisotopic (exact) mass is 207 g/mol. The number of hydrogen-bond acceptors (Lipinski definition) is 4. The van der Waals surface area contributed by atoms with Crippen molar-refractivity contribution < 1.29 is 9.53 Å². The maximum atomic E-state index is 11.1. The molecule has 1 rings (SSSR count). The molecule has 0 saturated carbocycles. The lowest BCUT2D eigenvalue weighted by atomic mass is 10.3. The standard InChI is InChI=1S/C10H13N3O2/c1-2-7-15-10(14)13-9(11)8-5-3-4-6-12-8/h3-6H,2,7H2,1H3,(H2,11,13,14). The van der Waals surface area contributed by atoms with Crippen LogP contribution in [-0.2, 0) is 4.74 Å². The topological polar surface area (TPSA) is 75.1 Å². The van der Waals surface area contributed by atoms with Crippen molar-refractivity contribution in [2.24, 2.45) is 0 Å². The number of amidine groups is 1. The molecule has 0 saturated heterocycles. The van der Waals surface area contributed by atoms with Crippen molar-refractivity contribution >= 4 is 11.9 Å². The van der Waals surface area contributed by atoms with Crippen LogP contribution in [0.4, 0.5) is 4.79 Å². The van der Waals surface area contributed by atoms with Crippen LogP contribution in [0.5, 0.6) is 0 Å². The van der Waals surface area contributed by atoms with Gasteiger partial charge in [0.25, 0.3) is 0 Å². The first-order valence-corrected chi connectivity index (χ1v) is 4.67. The molecule has 0 aliphatic carbocycles. The molecule has 1 aromatic rings. The molecule has 0 aromatic carbocycles. The lowest BCUT2D eigenvalue weighted by Gasteiger charge is -2.06. The number of aromatic nitrogens is 1. The number of carbonyl (C=O) groups excluding carboxylic acids is 1. The molecule has 1 amide bonds. The minimum absolute atomic E-state index is 0.0586. The minimum atomic E-state index is -0.618. The number of alkyl carbamates (subject to hydrolysis) is 1. The number of ether oxygens (including phenoxy) is 1. The van der Waals surface area contributed by atoms with Gasteiger partial charge in [0.1, 0.15) is 5.69 Å².